The van der Waals surface area contributed by atoms with E-state index in [0.717, 1.165) is 0 Å². The van der Waals surface area contributed by atoms with Crippen LogP contribution in [0.3, 0.4) is 0 Å². The van der Waals surface area contributed by atoms with Gasteiger partial charge >= 0.3 is 5.97 Å². The monoisotopic (exact) mass is 135 g/mol. The lowest BCUT2D eigenvalue weighted by atomic mass is 10.3. The molecule has 0 aromatic rings. The second-order valence-electron chi connectivity index (χ2n) is 1.55. The molecular formula is C4H9NO4. The van der Waals surface area contributed by atoms with Gasteiger partial charge in [-0.3, -0.25) is 0 Å². The Kier molecular flexibility index (Phi) is 3.94. The number of rotatable bonds is 4. The number of aliphatic carboxylic acids is 1. The molecule has 5 nitrogen and oxygen atoms in total. The maximum Gasteiger partial charge on any atom is 0.332 e. The normalized spacial score (nSPS) is 13.1. The number of hydrogen-bond acceptors (Lipinski definition) is 4. The molecular weight excluding hydrogens is 126 g/mol. The van der Waals surface area contributed by atoms with Crippen LogP contribution >= 0.6 is 0 Å². The molecule has 0 rings (SSSR count). The Morgan fingerprint density at radius 3 is 2.56 bits per heavy atom. The number of aliphatic hydroxyl groups is 1. The fourth-order valence-electron chi connectivity index (χ4n) is 0.325. The van der Waals surface area contributed by atoms with Crippen LogP contribution in [0.1, 0.15) is 6.42 Å². The van der Waals surface area contributed by atoms with Gasteiger partial charge < -0.3 is 15.4 Å². The Hall–Kier alpha value is -0.650. The van der Waals surface area contributed by atoms with Gasteiger partial charge in [0.2, 0.25) is 0 Å². The minimum absolute atomic E-state index is 0.00579. The van der Waals surface area contributed by atoms with E-state index in [-0.39, 0.29) is 13.0 Å². The molecule has 0 aliphatic carbocycles. The molecule has 0 aliphatic rings. The van der Waals surface area contributed by atoms with Gasteiger partial charge in [0, 0.05) is 6.54 Å². The van der Waals surface area contributed by atoms with E-state index in [9.17, 15) is 4.79 Å². The average Bonchev–Trinajstić information content (AvgIpc) is 1.82. The van der Waals surface area contributed by atoms with Gasteiger partial charge in [-0.1, -0.05) is 0 Å². The van der Waals surface area contributed by atoms with Crippen molar-refractivity contribution >= 4 is 5.97 Å². The second-order valence-corrected chi connectivity index (χ2v) is 1.55. The number of nitrogens with one attached hydrogen (secondary N) is 1. The lowest BCUT2D eigenvalue weighted by Crippen LogP contribution is -2.24. The molecule has 0 aromatic carbocycles. The van der Waals surface area contributed by atoms with Crippen LogP contribution < -0.4 is 5.48 Å². The molecule has 0 aromatic heterocycles. The molecule has 9 heavy (non-hydrogen) atoms. The van der Waals surface area contributed by atoms with Crippen molar-refractivity contribution in [3.05, 3.63) is 0 Å². The molecule has 0 fully saturated rings. The van der Waals surface area contributed by atoms with Gasteiger partial charge in [-0.2, -0.15) is 0 Å². The van der Waals surface area contributed by atoms with Crippen molar-refractivity contribution in [2.24, 2.45) is 0 Å². The smallest absolute Gasteiger partial charge is 0.332 e. The van der Waals surface area contributed by atoms with Gasteiger partial charge in [0.1, 0.15) is 0 Å². The summed E-state index contributed by atoms with van der Waals surface area (Å²) in [7, 11) is 0. The fraction of sp³-hybridized carbons (Fsp3) is 0.750. The van der Waals surface area contributed by atoms with Crippen LogP contribution in [0.4, 0.5) is 0 Å². The SMILES string of the molecule is O=C(O)[C@@H](O)CCNO. The van der Waals surface area contributed by atoms with Crippen molar-refractivity contribution in [1.29, 1.82) is 0 Å². The van der Waals surface area contributed by atoms with Crippen LogP contribution in [0, 0.1) is 0 Å². The van der Waals surface area contributed by atoms with E-state index in [1.807, 2.05) is 0 Å². The molecule has 54 valence electrons. The van der Waals surface area contributed by atoms with Gasteiger partial charge in [0.25, 0.3) is 0 Å². The Morgan fingerprint density at radius 1 is 1.67 bits per heavy atom. The molecule has 0 spiro atoms. The van der Waals surface area contributed by atoms with E-state index in [4.69, 9.17) is 15.4 Å². The lowest BCUT2D eigenvalue weighted by molar-refractivity contribution is -0.147. The molecule has 4 N–H and O–H groups in total. The summed E-state index contributed by atoms with van der Waals surface area (Å²) >= 11 is 0. The second kappa shape index (κ2) is 4.25. The quantitative estimate of drug-likeness (QED) is 0.363. The molecule has 1 atom stereocenters. The first-order valence-corrected chi connectivity index (χ1v) is 2.46. The number of carboxylic acids is 1. The summed E-state index contributed by atoms with van der Waals surface area (Å²) in [6, 6.07) is 0. The van der Waals surface area contributed by atoms with E-state index in [1.54, 1.807) is 5.48 Å². The first-order chi connectivity index (χ1) is 4.18. The van der Waals surface area contributed by atoms with Crippen LogP contribution in [0.2, 0.25) is 0 Å². The van der Waals surface area contributed by atoms with Gasteiger partial charge in [-0.05, 0) is 6.42 Å². The Balaban J connectivity index is 3.27. The summed E-state index contributed by atoms with van der Waals surface area (Å²) < 4.78 is 0. The van der Waals surface area contributed by atoms with Crippen molar-refractivity contribution in [3.63, 3.8) is 0 Å². The third-order valence-electron chi connectivity index (χ3n) is 0.815. The molecule has 0 radical (unpaired) electrons. The number of hydroxylamine groups is 1. The van der Waals surface area contributed by atoms with Crippen molar-refractivity contribution in [1.82, 2.24) is 5.48 Å². The van der Waals surface area contributed by atoms with E-state index >= 15 is 0 Å². The highest BCUT2D eigenvalue weighted by atomic mass is 16.5. The zero-order valence-electron chi connectivity index (χ0n) is 4.74. The number of aliphatic hydroxyl groups excluding tert-OH is 1. The maximum absolute atomic E-state index is 9.85. The van der Waals surface area contributed by atoms with Gasteiger partial charge in [0.15, 0.2) is 6.10 Å². The van der Waals surface area contributed by atoms with Gasteiger partial charge in [0.05, 0.1) is 0 Å². The first kappa shape index (κ1) is 8.35. The fourth-order valence-corrected chi connectivity index (χ4v) is 0.325. The van der Waals surface area contributed by atoms with E-state index in [0.29, 0.717) is 0 Å². The Labute approximate surface area is 51.9 Å². The summed E-state index contributed by atoms with van der Waals surface area (Å²) in [5, 5.41) is 24.5. The molecule has 0 saturated heterocycles. The predicted molar refractivity (Wildman–Crippen MR) is 28.0 cm³/mol. The first-order valence-electron chi connectivity index (χ1n) is 2.46. The molecule has 0 amide bonds. The van der Waals surface area contributed by atoms with Crippen LogP contribution in [0.5, 0.6) is 0 Å². The Morgan fingerprint density at radius 2 is 2.22 bits per heavy atom. The summed E-state index contributed by atoms with van der Waals surface area (Å²) in [6.07, 6.45) is -1.38. The highest BCUT2D eigenvalue weighted by Gasteiger charge is 2.10. The maximum atomic E-state index is 9.85. The largest absolute Gasteiger partial charge is 0.479 e. The van der Waals surface area contributed by atoms with Crippen molar-refractivity contribution in [2.75, 3.05) is 6.54 Å². The van der Waals surface area contributed by atoms with E-state index in [2.05, 4.69) is 0 Å². The van der Waals surface area contributed by atoms with Crippen LogP contribution in [0.25, 0.3) is 0 Å². The minimum atomic E-state index is -1.38. The Bertz CT molecular complexity index is 94.6. The third-order valence-corrected chi connectivity index (χ3v) is 0.815. The predicted octanol–water partition coefficient (Wildman–Crippen LogP) is -1.20. The zero-order valence-corrected chi connectivity index (χ0v) is 4.74. The molecule has 0 saturated carbocycles. The van der Waals surface area contributed by atoms with Crippen LogP contribution in [-0.2, 0) is 4.79 Å². The zero-order chi connectivity index (χ0) is 7.28. The molecule has 0 aliphatic heterocycles. The summed E-state index contributed by atoms with van der Waals surface area (Å²) in [4.78, 5) is 9.85. The number of carbonyl (C=O) groups is 1. The number of hydrogen-bond donors (Lipinski definition) is 4. The summed E-state index contributed by atoms with van der Waals surface area (Å²) in [6.45, 7) is 0.0769. The molecule has 0 heterocycles. The number of carboxylic acid groups (broad SMARTS) is 1. The van der Waals surface area contributed by atoms with E-state index < -0.39 is 12.1 Å². The highest BCUT2D eigenvalue weighted by Crippen LogP contribution is 1.87. The summed E-state index contributed by atoms with van der Waals surface area (Å²) in [5.74, 6) is -1.27. The van der Waals surface area contributed by atoms with Crippen molar-refractivity contribution < 1.29 is 20.2 Å². The molecule has 5 heteroatoms. The highest BCUT2D eigenvalue weighted by molar-refractivity contribution is 5.71. The van der Waals surface area contributed by atoms with Gasteiger partial charge in [-0.25, -0.2) is 10.3 Å². The van der Waals surface area contributed by atoms with Crippen molar-refractivity contribution in [3.8, 4) is 0 Å². The lowest BCUT2D eigenvalue weighted by Gasteiger charge is -2.01. The standard InChI is InChI=1S/C4H9NO4/c6-3(4(7)8)1-2-5-9/h3,5-6,9H,1-2H2,(H,7,8)/t3-/m0/s1. The summed E-state index contributed by atoms with van der Waals surface area (Å²) in [5.41, 5.74) is 1.73. The molecule has 0 bridgehead atoms. The van der Waals surface area contributed by atoms with Crippen molar-refractivity contribution in [2.45, 2.75) is 12.5 Å². The van der Waals surface area contributed by atoms with Gasteiger partial charge in [-0.15, -0.1) is 0 Å². The van der Waals surface area contributed by atoms with E-state index in [1.165, 1.54) is 0 Å². The topological polar surface area (TPSA) is 89.8 Å². The average molecular weight is 135 g/mol. The van der Waals surface area contributed by atoms with Crippen LogP contribution in [0.15, 0.2) is 0 Å². The van der Waals surface area contributed by atoms with Crippen LogP contribution in [-0.4, -0.2) is 34.0 Å². The molecule has 0 unspecified atom stereocenters. The third kappa shape index (κ3) is 3.89. The minimum Gasteiger partial charge on any atom is -0.479 e.